The van der Waals surface area contributed by atoms with Gasteiger partial charge in [0.2, 0.25) is 0 Å². The summed E-state index contributed by atoms with van der Waals surface area (Å²) in [7, 11) is 0. The third-order valence-electron chi connectivity index (χ3n) is 3.58. The van der Waals surface area contributed by atoms with Crippen molar-refractivity contribution in [2.75, 3.05) is 5.88 Å². The number of hydrogen-bond acceptors (Lipinski definition) is 2. The molecule has 0 saturated heterocycles. The molecular weight excluding hydrogens is 246 g/mol. The van der Waals surface area contributed by atoms with E-state index in [0.717, 1.165) is 41.4 Å². The first-order chi connectivity index (χ1) is 8.78. The predicted octanol–water partition coefficient (Wildman–Crippen LogP) is 3.32. The SMILES string of the molecule is Cc1cnc2c(c1)nc(CCCl)n2CCC1CC1. The molecule has 2 aromatic heterocycles. The highest BCUT2D eigenvalue weighted by Crippen LogP contribution is 2.33. The van der Waals surface area contributed by atoms with E-state index in [1.807, 2.05) is 6.20 Å². The number of pyridine rings is 1. The highest BCUT2D eigenvalue weighted by Gasteiger charge is 2.22. The Balaban J connectivity index is 1.97. The van der Waals surface area contributed by atoms with Gasteiger partial charge in [-0.3, -0.25) is 0 Å². The molecule has 2 heterocycles. The van der Waals surface area contributed by atoms with Gasteiger partial charge in [-0.25, -0.2) is 9.97 Å². The van der Waals surface area contributed by atoms with Gasteiger partial charge >= 0.3 is 0 Å². The molecule has 0 radical (unpaired) electrons. The van der Waals surface area contributed by atoms with Crippen LogP contribution in [0.25, 0.3) is 11.2 Å². The maximum Gasteiger partial charge on any atom is 0.160 e. The van der Waals surface area contributed by atoms with E-state index in [1.54, 1.807) is 0 Å². The van der Waals surface area contributed by atoms with E-state index in [9.17, 15) is 0 Å². The second-order valence-corrected chi connectivity index (χ2v) is 5.58. The van der Waals surface area contributed by atoms with Crippen LogP contribution in [-0.4, -0.2) is 20.4 Å². The largest absolute Gasteiger partial charge is 0.313 e. The van der Waals surface area contributed by atoms with Gasteiger partial charge in [-0.2, -0.15) is 0 Å². The zero-order chi connectivity index (χ0) is 12.5. The lowest BCUT2D eigenvalue weighted by atomic mass is 10.3. The number of halogens is 1. The summed E-state index contributed by atoms with van der Waals surface area (Å²) in [6, 6.07) is 2.10. The van der Waals surface area contributed by atoms with E-state index in [2.05, 4.69) is 27.5 Å². The van der Waals surface area contributed by atoms with Crippen LogP contribution in [0.4, 0.5) is 0 Å². The van der Waals surface area contributed by atoms with Crippen molar-refractivity contribution in [3.63, 3.8) is 0 Å². The van der Waals surface area contributed by atoms with Crippen molar-refractivity contribution in [2.24, 2.45) is 5.92 Å². The predicted molar refractivity (Wildman–Crippen MR) is 74.0 cm³/mol. The van der Waals surface area contributed by atoms with Crippen LogP contribution in [0.1, 0.15) is 30.7 Å². The standard InChI is InChI=1S/C14H18ClN3/c1-10-8-12-14(16-9-10)18(7-5-11-2-3-11)13(17-12)4-6-15/h8-9,11H,2-7H2,1H3. The van der Waals surface area contributed by atoms with Gasteiger partial charge in [0.15, 0.2) is 5.65 Å². The highest BCUT2D eigenvalue weighted by atomic mass is 35.5. The molecule has 2 aromatic rings. The van der Waals surface area contributed by atoms with E-state index in [-0.39, 0.29) is 0 Å². The van der Waals surface area contributed by atoms with Crippen molar-refractivity contribution in [1.82, 2.24) is 14.5 Å². The molecule has 0 N–H and O–H groups in total. The summed E-state index contributed by atoms with van der Waals surface area (Å²) >= 11 is 5.87. The van der Waals surface area contributed by atoms with Gasteiger partial charge in [0.05, 0.1) is 0 Å². The van der Waals surface area contributed by atoms with Gasteiger partial charge in [-0.05, 0) is 30.9 Å². The van der Waals surface area contributed by atoms with Gasteiger partial charge in [0, 0.05) is 25.0 Å². The Morgan fingerprint density at radius 2 is 2.28 bits per heavy atom. The molecular formula is C14H18ClN3. The molecule has 0 aromatic carbocycles. The molecule has 3 rings (SSSR count). The molecule has 18 heavy (non-hydrogen) atoms. The maximum atomic E-state index is 5.87. The summed E-state index contributed by atoms with van der Waals surface area (Å²) in [6.45, 7) is 3.08. The number of rotatable bonds is 5. The van der Waals surface area contributed by atoms with Crippen LogP contribution in [-0.2, 0) is 13.0 Å². The number of aryl methyl sites for hydroxylation is 3. The molecule has 1 aliphatic rings. The zero-order valence-electron chi connectivity index (χ0n) is 10.7. The van der Waals surface area contributed by atoms with Gasteiger partial charge in [-0.1, -0.05) is 12.8 Å². The Hall–Kier alpha value is -1.09. The molecule has 3 nitrogen and oxygen atoms in total. The minimum absolute atomic E-state index is 0.617. The normalized spacial score (nSPS) is 15.4. The number of fused-ring (bicyclic) bond motifs is 1. The van der Waals surface area contributed by atoms with Gasteiger partial charge < -0.3 is 4.57 Å². The lowest BCUT2D eigenvalue weighted by Gasteiger charge is -2.07. The van der Waals surface area contributed by atoms with Crippen LogP contribution in [0.3, 0.4) is 0 Å². The second kappa shape index (κ2) is 4.88. The van der Waals surface area contributed by atoms with E-state index in [0.29, 0.717) is 5.88 Å². The summed E-state index contributed by atoms with van der Waals surface area (Å²) in [4.78, 5) is 9.22. The number of imidazole rings is 1. The molecule has 1 fully saturated rings. The van der Waals surface area contributed by atoms with E-state index < -0.39 is 0 Å². The van der Waals surface area contributed by atoms with E-state index >= 15 is 0 Å². The van der Waals surface area contributed by atoms with Crippen molar-refractivity contribution in [1.29, 1.82) is 0 Å². The average molecular weight is 264 g/mol. The van der Waals surface area contributed by atoms with Crippen molar-refractivity contribution in [3.05, 3.63) is 23.7 Å². The quantitative estimate of drug-likeness (QED) is 0.775. The van der Waals surface area contributed by atoms with Crippen molar-refractivity contribution < 1.29 is 0 Å². The first kappa shape index (κ1) is 12.0. The molecule has 0 atom stereocenters. The molecule has 0 aliphatic heterocycles. The van der Waals surface area contributed by atoms with Crippen molar-refractivity contribution in [2.45, 2.75) is 39.2 Å². The van der Waals surface area contributed by atoms with Crippen LogP contribution < -0.4 is 0 Å². The Morgan fingerprint density at radius 1 is 1.44 bits per heavy atom. The Morgan fingerprint density at radius 3 is 3.00 bits per heavy atom. The van der Waals surface area contributed by atoms with Gasteiger partial charge in [-0.15, -0.1) is 11.6 Å². The van der Waals surface area contributed by atoms with Crippen LogP contribution in [0, 0.1) is 12.8 Å². The monoisotopic (exact) mass is 263 g/mol. The second-order valence-electron chi connectivity index (χ2n) is 5.21. The maximum absolute atomic E-state index is 5.87. The molecule has 4 heteroatoms. The smallest absolute Gasteiger partial charge is 0.160 e. The highest BCUT2D eigenvalue weighted by molar-refractivity contribution is 6.17. The minimum Gasteiger partial charge on any atom is -0.313 e. The van der Waals surface area contributed by atoms with Crippen LogP contribution in [0.15, 0.2) is 12.3 Å². The fourth-order valence-corrected chi connectivity index (χ4v) is 2.56. The lowest BCUT2D eigenvalue weighted by molar-refractivity contribution is 0.585. The minimum atomic E-state index is 0.617. The topological polar surface area (TPSA) is 30.7 Å². The van der Waals surface area contributed by atoms with Crippen LogP contribution in [0.2, 0.25) is 0 Å². The zero-order valence-corrected chi connectivity index (χ0v) is 11.5. The third-order valence-corrected chi connectivity index (χ3v) is 3.77. The number of aromatic nitrogens is 3. The first-order valence-corrected chi connectivity index (χ1v) is 7.19. The van der Waals surface area contributed by atoms with Crippen molar-refractivity contribution in [3.8, 4) is 0 Å². The van der Waals surface area contributed by atoms with Gasteiger partial charge in [0.1, 0.15) is 11.3 Å². The fourth-order valence-electron chi connectivity index (χ4n) is 2.39. The number of nitrogens with zero attached hydrogens (tertiary/aromatic N) is 3. The first-order valence-electron chi connectivity index (χ1n) is 6.65. The van der Waals surface area contributed by atoms with E-state index in [1.165, 1.54) is 19.3 Å². The summed E-state index contributed by atoms with van der Waals surface area (Å²) < 4.78 is 2.26. The molecule has 0 spiro atoms. The van der Waals surface area contributed by atoms with Crippen molar-refractivity contribution >= 4 is 22.8 Å². The number of alkyl halides is 1. The molecule has 0 bridgehead atoms. The molecule has 96 valence electrons. The summed E-state index contributed by atoms with van der Waals surface area (Å²) in [5.74, 6) is 2.63. The molecule has 1 aliphatic carbocycles. The Bertz CT molecular complexity index is 557. The van der Waals surface area contributed by atoms with Crippen LogP contribution >= 0.6 is 11.6 Å². The Labute approximate surface area is 112 Å². The van der Waals surface area contributed by atoms with Gasteiger partial charge in [0.25, 0.3) is 0 Å². The summed E-state index contributed by atoms with van der Waals surface area (Å²) in [6.07, 6.45) is 6.77. The lowest BCUT2D eigenvalue weighted by Crippen LogP contribution is -2.06. The molecule has 0 amide bonds. The number of hydrogen-bond donors (Lipinski definition) is 0. The molecule has 1 saturated carbocycles. The summed E-state index contributed by atoms with van der Waals surface area (Å²) in [5.41, 5.74) is 3.18. The molecule has 0 unspecified atom stereocenters. The summed E-state index contributed by atoms with van der Waals surface area (Å²) in [5, 5.41) is 0. The average Bonchev–Trinajstić information content (AvgIpc) is 3.10. The van der Waals surface area contributed by atoms with E-state index in [4.69, 9.17) is 11.6 Å². The third kappa shape index (κ3) is 2.37. The Kier molecular flexibility index (Phi) is 3.25. The fraction of sp³-hybridized carbons (Fsp3) is 0.571. The van der Waals surface area contributed by atoms with Crippen LogP contribution in [0.5, 0.6) is 0 Å².